The minimum atomic E-state index is -0.136. The number of aryl methyl sites for hydroxylation is 2. The molecule has 0 aliphatic heterocycles. The van der Waals surface area contributed by atoms with Crippen molar-refractivity contribution in [3.63, 3.8) is 0 Å². The predicted molar refractivity (Wildman–Crippen MR) is 131 cm³/mol. The second kappa shape index (κ2) is 13.0. The third-order valence-electron chi connectivity index (χ3n) is 7.23. The molecule has 0 unspecified atom stereocenters. The van der Waals surface area contributed by atoms with Crippen LogP contribution >= 0.6 is 0 Å². The Morgan fingerprint density at radius 3 is 2.10 bits per heavy atom. The van der Waals surface area contributed by atoms with Crippen LogP contribution in [0.4, 0.5) is 4.39 Å². The lowest BCUT2D eigenvalue weighted by molar-refractivity contribution is 0.249. The maximum absolute atomic E-state index is 14.8. The van der Waals surface area contributed by atoms with E-state index in [1.807, 2.05) is 18.3 Å². The molecule has 2 heteroatoms. The fraction of sp³-hybridized carbons (Fsp3) is 0.621. The van der Waals surface area contributed by atoms with Gasteiger partial charge in [0.25, 0.3) is 0 Å². The van der Waals surface area contributed by atoms with E-state index in [0.29, 0.717) is 5.56 Å². The zero-order valence-corrected chi connectivity index (χ0v) is 19.8. The molecule has 1 aliphatic carbocycles. The first-order valence-corrected chi connectivity index (χ1v) is 12.9. The molecule has 1 saturated carbocycles. The molecule has 31 heavy (non-hydrogen) atoms. The fourth-order valence-corrected chi connectivity index (χ4v) is 5.10. The van der Waals surface area contributed by atoms with Gasteiger partial charge in [-0.2, -0.15) is 0 Å². The van der Waals surface area contributed by atoms with Crippen LogP contribution in [0.25, 0.3) is 11.3 Å². The van der Waals surface area contributed by atoms with Crippen molar-refractivity contribution in [3.8, 4) is 11.3 Å². The lowest BCUT2D eigenvalue weighted by atomic mass is 9.78. The van der Waals surface area contributed by atoms with Crippen LogP contribution < -0.4 is 0 Å². The summed E-state index contributed by atoms with van der Waals surface area (Å²) in [5.74, 6) is 1.65. The number of pyridine rings is 1. The first kappa shape index (κ1) is 24.0. The third-order valence-corrected chi connectivity index (χ3v) is 7.23. The van der Waals surface area contributed by atoms with E-state index >= 15 is 0 Å². The molecule has 1 nitrogen and oxygen atoms in total. The molecule has 3 rings (SSSR count). The normalized spacial score (nSPS) is 18.9. The number of benzene rings is 1. The molecule has 170 valence electrons. The van der Waals surface area contributed by atoms with Gasteiger partial charge in [0.05, 0.1) is 5.69 Å². The lowest BCUT2D eigenvalue weighted by Gasteiger charge is -2.28. The summed E-state index contributed by atoms with van der Waals surface area (Å²) < 4.78 is 14.8. The summed E-state index contributed by atoms with van der Waals surface area (Å²) >= 11 is 0. The molecule has 0 bridgehead atoms. The Morgan fingerprint density at radius 2 is 1.45 bits per heavy atom. The van der Waals surface area contributed by atoms with Crippen molar-refractivity contribution in [2.24, 2.45) is 11.8 Å². The Labute approximate surface area is 189 Å². The summed E-state index contributed by atoms with van der Waals surface area (Å²) in [6, 6.07) is 9.84. The van der Waals surface area contributed by atoms with Gasteiger partial charge in [-0.25, -0.2) is 4.39 Å². The van der Waals surface area contributed by atoms with E-state index in [9.17, 15) is 4.39 Å². The first-order valence-electron chi connectivity index (χ1n) is 12.9. The number of nitrogens with zero attached hydrogens (tertiary/aromatic N) is 1. The molecule has 0 saturated heterocycles. The molecule has 1 fully saturated rings. The first-order chi connectivity index (χ1) is 15.2. The van der Waals surface area contributed by atoms with Gasteiger partial charge in [0.2, 0.25) is 0 Å². The summed E-state index contributed by atoms with van der Waals surface area (Å²) in [7, 11) is 0. The summed E-state index contributed by atoms with van der Waals surface area (Å²) in [4.78, 5) is 4.53. The molecule has 1 aromatic heterocycles. The van der Waals surface area contributed by atoms with E-state index in [-0.39, 0.29) is 5.82 Å². The largest absolute Gasteiger partial charge is 0.256 e. The number of rotatable bonds is 12. The van der Waals surface area contributed by atoms with Crippen LogP contribution in [0.5, 0.6) is 0 Å². The fourth-order valence-electron chi connectivity index (χ4n) is 5.10. The van der Waals surface area contributed by atoms with Gasteiger partial charge in [-0.1, -0.05) is 90.2 Å². The highest BCUT2D eigenvalue weighted by atomic mass is 19.1. The van der Waals surface area contributed by atoms with E-state index in [0.717, 1.165) is 35.9 Å². The van der Waals surface area contributed by atoms with E-state index < -0.39 is 0 Å². The summed E-state index contributed by atoms with van der Waals surface area (Å²) in [6.07, 6.45) is 19.9. The molecular formula is C29H42FN. The average Bonchev–Trinajstić information content (AvgIpc) is 2.80. The van der Waals surface area contributed by atoms with Gasteiger partial charge >= 0.3 is 0 Å². The van der Waals surface area contributed by atoms with Crippen LogP contribution in [0.2, 0.25) is 0 Å². The van der Waals surface area contributed by atoms with Gasteiger partial charge in [0.15, 0.2) is 0 Å². The van der Waals surface area contributed by atoms with Crippen molar-refractivity contribution in [3.05, 3.63) is 53.5 Å². The molecule has 1 aromatic carbocycles. The van der Waals surface area contributed by atoms with Crippen LogP contribution in [0.1, 0.15) is 102 Å². The Hall–Kier alpha value is -1.70. The smallest absolute Gasteiger partial charge is 0.132 e. The molecule has 0 amide bonds. The number of aromatic nitrogens is 1. The topological polar surface area (TPSA) is 12.9 Å². The van der Waals surface area contributed by atoms with E-state index in [1.54, 1.807) is 6.07 Å². The molecule has 0 spiro atoms. The maximum Gasteiger partial charge on any atom is 0.132 e. The highest BCUT2D eigenvalue weighted by Crippen LogP contribution is 2.34. The van der Waals surface area contributed by atoms with Crippen LogP contribution in [-0.4, -0.2) is 4.98 Å². The number of hydrogen-bond donors (Lipinski definition) is 0. The zero-order valence-electron chi connectivity index (χ0n) is 19.8. The molecular weight excluding hydrogens is 381 g/mol. The second-order valence-electron chi connectivity index (χ2n) is 9.74. The van der Waals surface area contributed by atoms with Crippen LogP contribution in [0.3, 0.4) is 0 Å². The van der Waals surface area contributed by atoms with Crippen LogP contribution in [0.15, 0.2) is 36.5 Å². The highest BCUT2D eigenvalue weighted by molar-refractivity contribution is 5.60. The van der Waals surface area contributed by atoms with Crippen molar-refractivity contribution < 1.29 is 4.39 Å². The third kappa shape index (κ3) is 7.74. The van der Waals surface area contributed by atoms with Gasteiger partial charge in [-0.3, -0.25) is 4.98 Å². The Balaban J connectivity index is 1.46. The Bertz CT molecular complexity index is 759. The summed E-state index contributed by atoms with van der Waals surface area (Å²) in [6.45, 7) is 4.50. The standard InChI is InChI=1S/C29H42FN/c1-3-5-7-9-23-11-13-24(14-12-23)15-16-25-17-19-27(28(30)21-25)29-20-18-26(22-31-29)10-8-6-4-2/h17-24H,3-16H2,1-2H3/t23-,24-. The van der Waals surface area contributed by atoms with Gasteiger partial charge in [-0.15, -0.1) is 0 Å². The minimum Gasteiger partial charge on any atom is -0.256 e. The number of hydrogen-bond acceptors (Lipinski definition) is 1. The number of unbranched alkanes of at least 4 members (excludes halogenated alkanes) is 4. The summed E-state index contributed by atoms with van der Waals surface area (Å²) in [5, 5.41) is 0. The van der Waals surface area contributed by atoms with Crippen molar-refractivity contribution >= 4 is 0 Å². The van der Waals surface area contributed by atoms with Crippen molar-refractivity contribution in [1.82, 2.24) is 4.98 Å². The van der Waals surface area contributed by atoms with Gasteiger partial charge in [-0.05, 0) is 66.8 Å². The highest BCUT2D eigenvalue weighted by Gasteiger charge is 2.20. The number of halogens is 1. The predicted octanol–water partition coefficient (Wildman–Crippen LogP) is 8.94. The van der Waals surface area contributed by atoms with E-state index in [1.165, 1.54) is 82.6 Å². The van der Waals surface area contributed by atoms with Crippen molar-refractivity contribution in [2.75, 3.05) is 0 Å². The van der Waals surface area contributed by atoms with E-state index in [2.05, 4.69) is 31.0 Å². The van der Waals surface area contributed by atoms with Crippen molar-refractivity contribution in [2.45, 2.75) is 104 Å². The van der Waals surface area contributed by atoms with Crippen LogP contribution in [0, 0.1) is 17.7 Å². The van der Waals surface area contributed by atoms with Crippen LogP contribution in [-0.2, 0) is 12.8 Å². The summed E-state index contributed by atoms with van der Waals surface area (Å²) in [5.41, 5.74) is 3.73. The Morgan fingerprint density at radius 1 is 0.774 bits per heavy atom. The molecule has 0 radical (unpaired) electrons. The van der Waals surface area contributed by atoms with Crippen molar-refractivity contribution in [1.29, 1.82) is 0 Å². The molecule has 1 aliphatic rings. The minimum absolute atomic E-state index is 0.136. The Kier molecular flexibility index (Phi) is 10.0. The van der Waals surface area contributed by atoms with Gasteiger partial charge < -0.3 is 0 Å². The molecule has 2 aromatic rings. The monoisotopic (exact) mass is 423 g/mol. The lowest BCUT2D eigenvalue weighted by Crippen LogP contribution is -2.15. The van der Waals surface area contributed by atoms with Gasteiger partial charge in [0, 0.05) is 11.8 Å². The van der Waals surface area contributed by atoms with E-state index in [4.69, 9.17) is 0 Å². The molecule has 0 atom stereocenters. The zero-order chi connectivity index (χ0) is 21.9. The quantitative estimate of drug-likeness (QED) is 0.310. The molecule has 0 N–H and O–H groups in total. The van der Waals surface area contributed by atoms with Gasteiger partial charge in [0.1, 0.15) is 5.82 Å². The molecule has 1 heterocycles. The second-order valence-corrected chi connectivity index (χ2v) is 9.74. The maximum atomic E-state index is 14.8. The SMILES string of the molecule is CCCCCc1ccc(-c2ccc(CC[C@H]3CC[C@H](CCCCC)CC3)cc2F)nc1. The average molecular weight is 424 g/mol.